The van der Waals surface area contributed by atoms with Crippen molar-refractivity contribution in [1.29, 1.82) is 0 Å². The summed E-state index contributed by atoms with van der Waals surface area (Å²) < 4.78 is 67.1. The third-order valence-electron chi connectivity index (χ3n) is 7.11. The molecule has 2 unspecified atom stereocenters. The minimum Gasteiger partial charge on any atom is -0.452 e. The number of nitrogens with two attached hydrogens (primary N) is 1. The Bertz CT molecular complexity index is 1830. The average molecular weight is 904 g/mol. The molecule has 1 aliphatic rings. The molecule has 7 atom stereocenters. The number of nitrogens with zero attached hydrogens (tertiary/aromatic N) is 4. The van der Waals surface area contributed by atoms with E-state index >= 15 is 0 Å². The Balaban J connectivity index is 0.0000108. The van der Waals surface area contributed by atoms with Gasteiger partial charge in [-0.2, -0.15) is 4.31 Å². The molecule has 2 aromatic heterocycles. The van der Waals surface area contributed by atoms with Crippen molar-refractivity contribution in [2.45, 2.75) is 77.3 Å². The number of amides is 2. The van der Waals surface area contributed by atoms with E-state index in [-0.39, 0.29) is 54.7 Å². The molecule has 0 saturated carbocycles. The molecule has 30 heteroatoms. The molecule has 0 aliphatic carbocycles. The van der Waals surface area contributed by atoms with Gasteiger partial charge in [0.05, 0.1) is 19.5 Å². The number of anilines is 1. The number of rotatable bonds is 19. The molecule has 3 heterocycles. The second-order valence-electron chi connectivity index (χ2n) is 13.4. The molecule has 0 radical (unpaired) electrons. The number of fused-ring (bicyclic) bond motifs is 1. The van der Waals surface area contributed by atoms with Crippen molar-refractivity contribution in [3.8, 4) is 0 Å². The van der Waals surface area contributed by atoms with E-state index in [1.54, 1.807) is 20.8 Å². The number of phosphoric acid groups is 3. The Morgan fingerprint density at radius 1 is 1.02 bits per heavy atom. The van der Waals surface area contributed by atoms with E-state index in [1.165, 1.54) is 13.8 Å². The Labute approximate surface area is 329 Å². The number of halogens is 1. The summed E-state index contributed by atoms with van der Waals surface area (Å²) in [7, 11) is -16.4. The number of imidazole rings is 1. The topological polar surface area (TPSA) is 373 Å². The first kappa shape index (κ1) is 49.8. The Hall–Kier alpha value is -2.35. The van der Waals surface area contributed by atoms with Crippen LogP contribution < -0.4 is 16.4 Å². The molecule has 1 saturated heterocycles. The quantitative estimate of drug-likeness (QED) is 0.0526. The highest BCUT2D eigenvalue weighted by molar-refractivity contribution is 8.13. The van der Waals surface area contributed by atoms with Crippen molar-refractivity contribution >= 4 is 81.7 Å². The number of aromatic nitrogens is 4. The van der Waals surface area contributed by atoms with Crippen LogP contribution in [-0.2, 0) is 50.6 Å². The second kappa shape index (κ2) is 20.1. The number of carbonyl (C=O) groups excluding carboxylic acids is 3. The van der Waals surface area contributed by atoms with Crippen LogP contribution in [0.2, 0.25) is 0 Å². The molecule has 0 bridgehead atoms. The van der Waals surface area contributed by atoms with Crippen LogP contribution in [0.3, 0.4) is 0 Å². The first-order valence-electron chi connectivity index (χ1n) is 15.9. The number of carbonyl (C=O) groups is 3. The number of nitrogens with one attached hydrogen (secondary N) is 2. The van der Waals surface area contributed by atoms with Crippen molar-refractivity contribution in [2.75, 3.05) is 37.8 Å². The largest absolute Gasteiger partial charge is 0.481 e. The Morgan fingerprint density at radius 3 is 2.29 bits per heavy atom. The van der Waals surface area contributed by atoms with Crippen LogP contribution in [0.1, 0.15) is 47.3 Å². The van der Waals surface area contributed by atoms with Crippen LogP contribution in [0.5, 0.6) is 0 Å². The van der Waals surface area contributed by atoms with Crippen LogP contribution in [0, 0.1) is 5.41 Å². The number of hydrogen-bond donors (Lipinski definition) is 9. The monoisotopic (exact) mass is 903 g/mol. The Kier molecular flexibility index (Phi) is 17.8. The maximum absolute atomic E-state index is 12.7. The van der Waals surface area contributed by atoms with E-state index in [0.717, 1.165) is 29.0 Å². The fourth-order valence-corrected chi connectivity index (χ4v) is 8.05. The van der Waals surface area contributed by atoms with Crippen LogP contribution in [-0.4, -0.2) is 128 Å². The van der Waals surface area contributed by atoms with E-state index in [2.05, 4.69) is 34.4 Å². The van der Waals surface area contributed by atoms with Gasteiger partial charge in [0.2, 0.25) is 11.8 Å². The number of aliphatic hydroxyl groups excluding tert-OH is 2. The summed E-state index contributed by atoms with van der Waals surface area (Å²) in [5.41, 5.74) is 3.59. The molecule has 2 aromatic rings. The van der Waals surface area contributed by atoms with Gasteiger partial charge in [0.25, 0.3) is 0 Å². The van der Waals surface area contributed by atoms with Crippen LogP contribution in [0.25, 0.3) is 11.2 Å². The summed E-state index contributed by atoms with van der Waals surface area (Å²) in [6.45, 7) is 5.52. The van der Waals surface area contributed by atoms with Crippen molar-refractivity contribution in [1.82, 2.24) is 30.2 Å². The van der Waals surface area contributed by atoms with Crippen molar-refractivity contribution < 1.29 is 85.2 Å². The number of hydrogen-bond acceptors (Lipinski definition) is 19. The molecule has 1 aliphatic heterocycles. The smallest absolute Gasteiger partial charge is 0.452 e. The molecule has 0 spiro atoms. The van der Waals surface area contributed by atoms with E-state index < -0.39 is 95.5 Å². The van der Waals surface area contributed by atoms with Crippen molar-refractivity contribution in [3.63, 3.8) is 0 Å². The summed E-state index contributed by atoms with van der Waals surface area (Å²) in [6, 6.07) is 0. The number of nitrogen functional groups attached to an aromatic ring is 1. The molecule has 320 valence electrons. The molecule has 1 fully saturated rings. The van der Waals surface area contributed by atoms with Gasteiger partial charge in [-0.15, -0.1) is 12.4 Å². The van der Waals surface area contributed by atoms with Gasteiger partial charge in [-0.1, -0.05) is 13.8 Å². The average Bonchev–Trinajstić information content (AvgIpc) is 3.60. The van der Waals surface area contributed by atoms with Gasteiger partial charge in [-0.25, -0.2) is 33.4 Å². The normalized spacial score (nSPS) is 21.7. The van der Waals surface area contributed by atoms with Crippen LogP contribution >= 0.6 is 47.6 Å². The Morgan fingerprint density at radius 2 is 1.66 bits per heavy atom. The summed E-state index contributed by atoms with van der Waals surface area (Å²) in [5.74, 6) is -1.26. The van der Waals surface area contributed by atoms with E-state index in [9.17, 15) is 57.9 Å². The molecule has 0 aromatic carbocycles. The van der Waals surface area contributed by atoms with Gasteiger partial charge in [0.15, 0.2) is 17.7 Å². The lowest BCUT2D eigenvalue weighted by molar-refractivity contribution is -0.137. The highest BCUT2D eigenvalue weighted by Crippen LogP contribution is 2.61. The first-order chi connectivity index (χ1) is 25.2. The van der Waals surface area contributed by atoms with Gasteiger partial charge in [0, 0.05) is 30.7 Å². The van der Waals surface area contributed by atoms with E-state index in [0.29, 0.717) is 0 Å². The molecule has 2 amide bonds. The predicted molar refractivity (Wildman–Crippen MR) is 196 cm³/mol. The maximum atomic E-state index is 12.7. The van der Waals surface area contributed by atoms with Gasteiger partial charge in [-0.05, 0) is 32.5 Å². The second-order valence-corrected chi connectivity index (χ2v) is 18.6. The molecule has 10 N–H and O–H groups in total. The fourth-order valence-electron chi connectivity index (χ4n) is 4.54. The third kappa shape index (κ3) is 15.4. The SMILES string of the molecule is CC(C)(C)OC(=O)SCCNC(=O)CCNC(=O)[C@H](O)C(C)(C)COP(=O)(O)OP(=O)(O)OC[C@H]1O[C@@H](n2cnc3c(N)ncnc32)[C@H](O)[C@@H]1OP(=O)(O)O.Cl. The van der Waals surface area contributed by atoms with Gasteiger partial charge < -0.3 is 55.6 Å². The minimum atomic E-state index is -5.57. The predicted octanol–water partition coefficient (Wildman–Crippen LogP) is 0.495. The molecule has 25 nitrogen and oxygen atoms in total. The third-order valence-corrected chi connectivity index (χ3v) is 10.9. The standard InChI is InChI=1S/C26H44N7O18P3S.ClH/c1-25(2,3)49-24(38)55-9-8-28-15(34)6-7-29-22(37)19(36)26(4,5)11-47-54(44,45)51-53(42,43)46-10-14-18(50-52(39,40)41)17(35)23(48-14)33-13-32-16-20(27)30-12-31-21(16)33;/h12-14,17-19,23,35-36H,6-11H2,1-5H3,(H,28,34)(H,29,37)(H,42,43)(H,44,45)(H2,27,30,31)(H2,39,40,41);1H/t14-,17-,18-,19+,23-;/m1./s1. The molecule has 56 heavy (non-hydrogen) atoms. The number of aliphatic hydroxyl groups is 2. The van der Waals surface area contributed by atoms with E-state index in [4.69, 9.17) is 24.3 Å². The number of phosphoric ester groups is 3. The van der Waals surface area contributed by atoms with Gasteiger partial charge in [0.1, 0.15) is 41.9 Å². The van der Waals surface area contributed by atoms with Crippen molar-refractivity contribution in [3.05, 3.63) is 12.7 Å². The fraction of sp³-hybridized carbons (Fsp3) is 0.692. The first-order valence-corrected chi connectivity index (χ1v) is 21.5. The molecule has 3 rings (SSSR count). The van der Waals surface area contributed by atoms with Crippen LogP contribution in [0.15, 0.2) is 12.7 Å². The summed E-state index contributed by atoms with van der Waals surface area (Å²) >= 11 is 0.875. The lowest BCUT2D eigenvalue weighted by Crippen LogP contribution is -2.46. The van der Waals surface area contributed by atoms with Gasteiger partial charge in [-0.3, -0.25) is 27.7 Å². The zero-order valence-electron chi connectivity index (χ0n) is 30.4. The highest BCUT2D eigenvalue weighted by atomic mass is 35.5. The van der Waals surface area contributed by atoms with Crippen LogP contribution in [0.4, 0.5) is 10.6 Å². The lowest BCUT2D eigenvalue weighted by Gasteiger charge is -2.30. The lowest BCUT2D eigenvalue weighted by atomic mass is 9.87. The van der Waals surface area contributed by atoms with Gasteiger partial charge >= 0.3 is 28.8 Å². The minimum absolute atomic E-state index is 0. The zero-order chi connectivity index (χ0) is 41.6. The molecular formula is C26H45ClN7O18P3S. The molecular weight excluding hydrogens is 859 g/mol. The van der Waals surface area contributed by atoms with Crippen molar-refractivity contribution in [2.24, 2.45) is 5.41 Å². The summed E-state index contributed by atoms with van der Waals surface area (Å²) in [6.07, 6.45) is -6.96. The summed E-state index contributed by atoms with van der Waals surface area (Å²) in [4.78, 5) is 87.1. The maximum Gasteiger partial charge on any atom is 0.481 e. The summed E-state index contributed by atoms with van der Waals surface area (Å²) in [5, 5.41) is 25.8. The van der Waals surface area contributed by atoms with E-state index in [1.807, 2.05) is 0 Å². The highest BCUT2D eigenvalue weighted by Gasteiger charge is 2.50. The zero-order valence-corrected chi connectivity index (χ0v) is 34.7. The number of thioether (sulfide) groups is 1. The number of ether oxygens (including phenoxy) is 2.